The van der Waals surface area contributed by atoms with Gasteiger partial charge in [-0.2, -0.15) is 11.3 Å². The van der Waals surface area contributed by atoms with Crippen molar-refractivity contribution in [2.75, 3.05) is 6.54 Å². The van der Waals surface area contributed by atoms with E-state index < -0.39 is 0 Å². The van der Waals surface area contributed by atoms with E-state index in [1.165, 1.54) is 11.3 Å². The topological polar surface area (TPSA) is 84.2 Å². The van der Waals surface area contributed by atoms with Crippen LogP contribution < -0.4 is 10.6 Å². The summed E-state index contributed by atoms with van der Waals surface area (Å²) < 4.78 is 6.91. The summed E-state index contributed by atoms with van der Waals surface area (Å²) in [6, 6.07) is 13.4. The molecule has 0 saturated heterocycles. The Balaban J connectivity index is 1.26. The van der Waals surface area contributed by atoms with Gasteiger partial charge in [0, 0.05) is 23.9 Å². The number of nitrogens with zero attached hydrogens (tertiary/aromatic N) is 1. The largest absolute Gasteiger partial charge is 0.457 e. The first kappa shape index (κ1) is 18.4. The van der Waals surface area contributed by atoms with Gasteiger partial charge in [0.05, 0.1) is 16.8 Å². The lowest BCUT2D eigenvalue weighted by Crippen LogP contribution is -2.30. The molecule has 3 heterocycles. The highest BCUT2D eigenvalue weighted by molar-refractivity contribution is 7.21. The SMILES string of the molecule is O=C(CCNC(=O)c1ccsc1)NCc1ccc(-c2nc3ccccc3s2)o1. The molecule has 0 atom stereocenters. The second kappa shape index (κ2) is 8.37. The van der Waals surface area contributed by atoms with E-state index in [1.54, 1.807) is 22.8 Å². The number of furan rings is 1. The number of thiazole rings is 1. The standard InChI is InChI=1S/C20H17N3O3S2/c24-18(7-9-21-19(25)13-8-10-27-12-13)22-11-14-5-6-16(26-14)20-23-15-3-1-2-4-17(15)28-20/h1-6,8,10,12H,7,9,11H2,(H,21,25)(H,22,24). The van der Waals surface area contributed by atoms with Crippen molar-refractivity contribution < 1.29 is 14.0 Å². The Morgan fingerprint density at radius 1 is 1.07 bits per heavy atom. The molecule has 0 saturated carbocycles. The molecule has 4 rings (SSSR count). The molecule has 28 heavy (non-hydrogen) atoms. The van der Waals surface area contributed by atoms with Gasteiger partial charge in [-0.1, -0.05) is 12.1 Å². The third-order valence-corrected chi connectivity index (χ3v) is 5.78. The van der Waals surface area contributed by atoms with Gasteiger partial charge in [-0.05, 0) is 35.7 Å². The number of rotatable bonds is 7. The lowest BCUT2D eigenvalue weighted by atomic mass is 10.3. The van der Waals surface area contributed by atoms with Crippen LogP contribution in [-0.4, -0.2) is 23.3 Å². The van der Waals surface area contributed by atoms with Crippen LogP contribution in [0.4, 0.5) is 0 Å². The predicted molar refractivity (Wildman–Crippen MR) is 110 cm³/mol. The van der Waals surface area contributed by atoms with Crippen molar-refractivity contribution in [3.63, 3.8) is 0 Å². The van der Waals surface area contributed by atoms with Crippen molar-refractivity contribution in [1.29, 1.82) is 0 Å². The third-order valence-electron chi connectivity index (χ3n) is 4.05. The van der Waals surface area contributed by atoms with Gasteiger partial charge >= 0.3 is 0 Å². The van der Waals surface area contributed by atoms with E-state index in [1.807, 2.05) is 41.8 Å². The normalized spacial score (nSPS) is 10.9. The number of carbonyl (C=O) groups is 2. The van der Waals surface area contributed by atoms with Crippen LogP contribution in [0.25, 0.3) is 21.0 Å². The molecule has 0 aliphatic heterocycles. The summed E-state index contributed by atoms with van der Waals surface area (Å²) in [5.74, 6) is 1.03. The van der Waals surface area contributed by atoms with Crippen LogP contribution in [0.3, 0.4) is 0 Å². The van der Waals surface area contributed by atoms with E-state index in [-0.39, 0.29) is 24.8 Å². The summed E-state index contributed by atoms with van der Waals surface area (Å²) in [5.41, 5.74) is 1.56. The van der Waals surface area contributed by atoms with E-state index in [0.717, 1.165) is 15.2 Å². The van der Waals surface area contributed by atoms with Gasteiger partial charge in [-0.15, -0.1) is 11.3 Å². The second-order valence-electron chi connectivity index (χ2n) is 6.05. The lowest BCUT2D eigenvalue weighted by molar-refractivity contribution is -0.121. The molecule has 0 radical (unpaired) electrons. The summed E-state index contributed by atoms with van der Waals surface area (Å²) >= 11 is 3.03. The summed E-state index contributed by atoms with van der Waals surface area (Å²) in [6.07, 6.45) is 0.210. The van der Waals surface area contributed by atoms with Crippen molar-refractivity contribution in [2.45, 2.75) is 13.0 Å². The van der Waals surface area contributed by atoms with Crippen molar-refractivity contribution in [3.8, 4) is 10.8 Å². The molecular formula is C20H17N3O3S2. The number of hydrogen-bond acceptors (Lipinski definition) is 6. The van der Waals surface area contributed by atoms with Crippen LogP contribution in [-0.2, 0) is 11.3 Å². The Bertz CT molecular complexity index is 1070. The van der Waals surface area contributed by atoms with E-state index in [2.05, 4.69) is 15.6 Å². The Morgan fingerprint density at radius 2 is 1.96 bits per heavy atom. The fourth-order valence-electron chi connectivity index (χ4n) is 2.62. The van der Waals surface area contributed by atoms with E-state index in [0.29, 0.717) is 23.6 Å². The van der Waals surface area contributed by atoms with E-state index >= 15 is 0 Å². The summed E-state index contributed by atoms with van der Waals surface area (Å²) in [4.78, 5) is 28.3. The average Bonchev–Trinajstić information content (AvgIpc) is 3.46. The van der Waals surface area contributed by atoms with Crippen LogP contribution in [0.2, 0.25) is 0 Å². The first-order chi connectivity index (χ1) is 13.7. The minimum Gasteiger partial charge on any atom is -0.457 e. The number of para-hydroxylation sites is 1. The van der Waals surface area contributed by atoms with E-state index in [4.69, 9.17) is 4.42 Å². The quantitative estimate of drug-likeness (QED) is 0.480. The number of carbonyl (C=O) groups excluding carboxylic acids is 2. The highest BCUT2D eigenvalue weighted by atomic mass is 32.1. The Kier molecular flexibility index (Phi) is 5.50. The number of thiophene rings is 1. The van der Waals surface area contributed by atoms with Crippen LogP contribution in [0.1, 0.15) is 22.5 Å². The molecule has 142 valence electrons. The molecule has 0 bridgehead atoms. The smallest absolute Gasteiger partial charge is 0.252 e. The fraction of sp³-hybridized carbons (Fsp3) is 0.150. The Hall–Kier alpha value is -2.97. The van der Waals surface area contributed by atoms with Crippen LogP contribution in [0.5, 0.6) is 0 Å². The van der Waals surface area contributed by atoms with Crippen molar-refractivity contribution in [2.24, 2.45) is 0 Å². The van der Waals surface area contributed by atoms with Crippen molar-refractivity contribution in [1.82, 2.24) is 15.6 Å². The molecule has 0 aliphatic rings. The van der Waals surface area contributed by atoms with Gasteiger partial charge in [0.1, 0.15) is 5.76 Å². The maximum Gasteiger partial charge on any atom is 0.252 e. The zero-order valence-corrected chi connectivity index (χ0v) is 16.4. The first-order valence-corrected chi connectivity index (χ1v) is 10.5. The van der Waals surface area contributed by atoms with Crippen LogP contribution in [0.15, 0.2) is 57.6 Å². The van der Waals surface area contributed by atoms with Gasteiger partial charge in [-0.3, -0.25) is 9.59 Å². The number of nitrogens with one attached hydrogen (secondary N) is 2. The maximum absolute atomic E-state index is 12.0. The molecule has 2 amide bonds. The fourth-order valence-corrected chi connectivity index (χ4v) is 4.19. The zero-order chi connectivity index (χ0) is 19.3. The molecule has 2 N–H and O–H groups in total. The molecule has 0 unspecified atom stereocenters. The predicted octanol–water partition coefficient (Wildman–Crippen LogP) is 4.05. The highest BCUT2D eigenvalue weighted by Crippen LogP contribution is 2.31. The van der Waals surface area contributed by atoms with Crippen LogP contribution >= 0.6 is 22.7 Å². The molecule has 0 fully saturated rings. The zero-order valence-electron chi connectivity index (χ0n) is 14.8. The molecule has 6 nitrogen and oxygen atoms in total. The molecule has 0 spiro atoms. The monoisotopic (exact) mass is 411 g/mol. The minimum atomic E-state index is -0.166. The summed E-state index contributed by atoms with van der Waals surface area (Å²) in [7, 11) is 0. The number of amides is 2. The lowest BCUT2D eigenvalue weighted by Gasteiger charge is -2.05. The van der Waals surface area contributed by atoms with Gasteiger partial charge in [0.15, 0.2) is 10.8 Å². The molecule has 1 aromatic carbocycles. The van der Waals surface area contributed by atoms with Crippen LogP contribution in [0, 0.1) is 0 Å². The molecule has 3 aromatic heterocycles. The van der Waals surface area contributed by atoms with Gasteiger partial charge in [0.25, 0.3) is 5.91 Å². The molecule has 4 aromatic rings. The van der Waals surface area contributed by atoms with Crippen molar-refractivity contribution >= 4 is 44.7 Å². The minimum absolute atomic E-state index is 0.149. The van der Waals surface area contributed by atoms with E-state index in [9.17, 15) is 9.59 Å². The van der Waals surface area contributed by atoms with Crippen molar-refractivity contribution in [3.05, 3.63) is 64.5 Å². The van der Waals surface area contributed by atoms with Gasteiger partial charge < -0.3 is 15.1 Å². The number of aromatic nitrogens is 1. The molecule has 0 aliphatic carbocycles. The molecule has 8 heteroatoms. The summed E-state index contributed by atoms with van der Waals surface area (Å²) in [5, 5.41) is 9.96. The maximum atomic E-state index is 12.0. The Morgan fingerprint density at radius 3 is 2.79 bits per heavy atom. The summed E-state index contributed by atoms with van der Waals surface area (Å²) in [6.45, 7) is 0.581. The number of hydrogen-bond donors (Lipinski definition) is 2. The average molecular weight is 412 g/mol. The third kappa shape index (κ3) is 4.29. The highest BCUT2D eigenvalue weighted by Gasteiger charge is 2.11. The number of fused-ring (bicyclic) bond motifs is 1. The second-order valence-corrected chi connectivity index (χ2v) is 7.86. The first-order valence-electron chi connectivity index (χ1n) is 8.71. The van der Waals surface area contributed by atoms with Gasteiger partial charge in [-0.25, -0.2) is 4.98 Å². The number of benzene rings is 1. The molecular weight excluding hydrogens is 394 g/mol. The van der Waals surface area contributed by atoms with Gasteiger partial charge in [0.2, 0.25) is 5.91 Å². The Labute approximate surface area is 169 Å².